The number of ether oxygens (including phenoxy) is 1. The minimum Gasteiger partial charge on any atom is -0.495 e. The maximum absolute atomic E-state index is 13.4. The highest BCUT2D eigenvalue weighted by molar-refractivity contribution is 7.92. The molecule has 0 saturated carbocycles. The van der Waals surface area contributed by atoms with Gasteiger partial charge in [0.15, 0.2) is 0 Å². The average molecular weight is 516 g/mol. The van der Waals surface area contributed by atoms with Crippen LogP contribution in [0.3, 0.4) is 0 Å². The fourth-order valence-electron chi connectivity index (χ4n) is 3.12. The van der Waals surface area contributed by atoms with E-state index in [2.05, 4.69) is 5.32 Å². The van der Waals surface area contributed by atoms with Crippen LogP contribution in [0.4, 0.5) is 5.69 Å². The molecule has 0 aliphatic rings. The molecule has 11 heteroatoms. The standard InChI is InChI=1S/C22H27Cl2N3O5S/c1-5-25-22(29)15(2)26(13-16-6-8-17(23)9-7-16)21(28)14-27(33(4,30)31)18-10-11-20(32-3)19(24)12-18/h6-12,15H,5,13-14H2,1-4H3,(H,25,29)/t15-/m0/s1. The number of nitrogens with zero attached hydrogens (tertiary/aromatic N) is 2. The Bertz CT molecular complexity index is 1090. The highest BCUT2D eigenvalue weighted by Gasteiger charge is 2.30. The molecule has 0 aromatic heterocycles. The second kappa shape index (κ2) is 11.6. The Morgan fingerprint density at radius 3 is 2.27 bits per heavy atom. The summed E-state index contributed by atoms with van der Waals surface area (Å²) in [5, 5.41) is 3.43. The first-order valence-electron chi connectivity index (χ1n) is 10.1. The number of benzene rings is 2. The van der Waals surface area contributed by atoms with E-state index >= 15 is 0 Å². The van der Waals surface area contributed by atoms with Crippen molar-refractivity contribution in [2.75, 3.05) is 30.8 Å². The van der Waals surface area contributed by atoms with Crippen molar-refractivity contribution < 1.29 is 22.7 Å². The van der Waals surface area contributed by atoms with Crippen LogP contribution in [0.5, 0.6) is 5.75 Å². The number of likely N-dealkylation sites (N-methyl/N-ethyl adjacent to an activating group) is 1. The normalized spacial score (nSPS) is 12.1. The van der Waals surface area contributed by atoms with Gasteiger partial charge in [0, 0.05) is 18.1 Å². The van der Waals surface area contributed by atoms with Gasteiger partial charge in [0.2, 0.25) is 21.8 Å². The van der Waals surface area contributed by atoms with Crippen LogP contribution in [0.1, 0.15) is 19.4 Å². The third kappa shape index (κ3) is 7.25. The van der Waals surface area contributed by atoms with Gasteiger partial charge >= 0.3 is 0 Å². The van der Waals surface area contributed by atoms with E-state index in [9.17, 15) is 18.0 Å². The van der Waals surface area contributed by atoms with E-state index in [1.54, 1.807) is 38.1 Å². The number of anilines is 1. The number of amides is 2. The van der Waals surface area contributed by atoms with Gasteiger partial charge in [-0.25, -0.2) is 8.42 Å². The summed E-state index contributed by atoms with van der Waals surface area (Å²) in [5.74, 6) is -0.534. The molecule has 2 rings (SSSR count). The van der Waals surface area contributed by atoms with E-state index in [1.807, 2.05) is 0 Å². The van der Waals surface area contributed by atoms with Crippen molar-refractivity contribution in [3.05, 3.63) is 58.1 Å². The van der Waals surface area contributed by atoms with Crippen LogP contribution in [0, 0.1) is 0 Å². The first-order chi connectivity index (χ1) is 15.5. The molecule has 2 aromatic rings. The molecule has 0 bridgehead atoms. The Kier molecular flexibility index (Phi) is 9.39. The SMILES string of the molecule is CCNC(=O)[C@H](C)N(Cc1ccc(Cl)cc1)C(=O)CN(c1ccc(OC)c(Cl)c1)S(C)(=O)=O. The van der Waals surface area contributed by atoms with E-state index in [1.165, 1.54) is 30.2 Å². The van der Waals surface area contributed by atoms with Crippen molar-refractivity contribution in [3.63, 3.8) is 0 Å². The smallest absolute Gasteiger partial charge is 0.244 e. The summed E-state index contributed by atoms with van der Waals surface area (Å²) < 4.78 is 31.1. The van der Waals surface area contributed by atoms with E-state index in [0.29, 0.717) is 17.3 Å². The van der Waals surface area contributed by atoms with E-state index in [0.717, 1.165) is 16.1 Å². The molecule has 2 aromatic carbocycles. The third-order valence-electron chi connectivity index (χ3n) is 4.89. The number of hydrogen-bond acceptors (Lipinski definition) is 5. The van der Waals surface area contributed by atoms with Crippen molar-refractivity contribution in [2.45, 2.75) is 26.4 Å². The van der Waals surface area contributed by atoms with Crippen LogP contribution in [-0.2, 0) is 26.2 Å². The Balaban J connectivity index is 2.39. The zero-order chi connectivity index (χ0) is 24.8. The second-order valence-electron chi connectivity index (χ2n) is 7.31. The second-order valence-corrected chi connectivity index (χ2v) is 10.1. The lowest BCUT2D eigenvalue weighted by atomic mass is 10.1. The van der Waals surface area contributed by atoms with Crippen molar-refractivity contribution in [1.82, 2.24) is 10.2 Å². The van der Waals surface area contributed by atoms with Crippen LogP contribution in [0.15, 0.2) is 42.5 Å². The Morgan fingerprint density at radius 1 is 1.12 bits per heavy atom. The van der Waals surface area contributed by atoms with Gasteiger partial charge in [-0.1, -0.05) is 35.3 Å². The molecular formula is C22H27Cl2N3O5S. The third-order valence-corrected chi connectivity index (χ3v) is 6.57. The highest BCUT2D eigenvalue weighted by Crippen LogP contribution is 2.30. The Labute approximate surface area is 204 Å². The van der Waals surface area contributed by atoms with Crippen LogP contribution >= 0.6 is 23.2 Å². The summed E-state index contributed by atoms with van der Waals surface area (Å²) in [7, 11) is -2.41. The van der Waals surface area contributed by atoms with Gasteiger partial charge < -0.3 is 15.0 Å². The summed E-state index contributed by atoms with van der Waals surface area (Å²) in [6, 6.07) is 10.4. The van der Waals surface area contributed by atoms with Crippen molar-refractivity contribution in [1.29, 1.82) is 0 Å². The molecular weight excluding hydrogens is 489 g/mol. The quantitative estimate of drug-likeness (QED) is 0.523. The molecule has 0 radical (unpaired) electrons. The van der Waals surface area contributed by atoms with E-state index in [-0.39, 0.29) is 23.2 Å². The van der Waals surface area contributed by atoms with Crippen LogP contribution in [0.25, 0.3) is 0 Å². The molecule has 1 atom stereocenters. The molecule has 0 saturated heterocycles. The molecule has 180 valence electrons. The summed E-state index contributed by atoms with van der Waals surface area (Å²) in [4.78, 5) is 27.2. The lowest BCUT2D eigenvalue weighted by molar-refractivity contribution is -0.139. The highest BCUT2D eigenvalue weighted by atomic mass is 35.5. The molecule has 1 N–H and O–H groups in total. The van der Waals surface area contributed by atoms with Gasteiger partial charge in [0.05, 0.1) is 24.1 Å². The van der Waals surface area contributed by atoms with E-state index in [4.69, 9.17) is 27.9 Å². The molecule has 2 amide bonds. The van der Waals surface area contributed by atoms with Crippen molar-refractivity contribution in [3.8, 4) is 5.75 Å². The first kappa shape index (κ1) is 26.8. The topological polar surface area (TPSA) is 96.0 Å². The largest absolute Gasteiger partial charge is 0.495 e. The molecule has 0 aliphatic heterocycles. The van der Waals surface area contributed by atoms with Gasteiger partial charge in [0.1, 0.15) is 18.3 Å². The number of nitrogens with one attached hydrogen (secondary N) is 1. The van der Waals surface area contributed by atoms with Crippen LogP contribution < -0.4 is 14.4 Å². The Morgan fingerprint density at radius 2 is 1.76 bits per heavy atom. The minimum atomic E-state index is -3.85. The summed E-state index contributed by atoms with van der Waals surface area (Å²) >= 11 is 12.1. The number of carbonyl (C=O) groups is 2. The molecule has 8 nitrogen and oxygen atoms in total. The number of halogens is 2. The fourth-order valence-corrected chi connectivity index (χ4v) is 4.33. The lowest BCUT2D eigenvalue weighted by Gasteiger charge is -2.31. The predicted molar refractivity (Wildman–Crippen MR) is 130 cm³/mol. The molecule has 0 spiro atoms. The number of methoxy groups -OCH3 is 1. The first-order valence-corrected chi connectivity index (χ1v) is 12.7. The monoisotopic (exact) mass is 515 g/mol. The van der Waals surface area contributed by atoms with Gasteiger partial charge in [-0.2, -0.15) is 0 Å². The van der Waals surface area contributed by atoms with Crippen LogP contribution in [0.2, 0.25) is 10.0 Å². The van der Waals surface area contributed by atoms with E-state index < -0.39 is 28.5 Å². The average Bonchev–Trinajstić information content (AvgIpc) is 2.75. The van der Waals surface area contributed by atoms with Gasteiger partial charge in [0.25, 0.3) is 0 Å². The van der Waals surface area contributed by atoms with Crippen LogP contribution in [-0.4, -0.2) is 57.6 Å². The van der Waals surface area contributed by atoms with Crippen molar-refractivity contribution in [2.24, 2.45) is 0 Å². The molecule has 33 heavy (non-hydrogen) atoms. The minimum absolute atomic E-state index is 0.0925. The Hall–Kier alpha value is -2.49. The molecule has 0 unspecified atom stereocenters. The number of carbonyl (C=O) groups excluding carboxylic acids is 2. The predicted octanol–water partition coefficient (Wildman–Crippen LogP) is 3.32. The van der Waals surface area contributed by atoms with Gasteiger partial charge in [-0.15, -0.1) is 0 Å². The maximum Gasteiger partial charge on any atom is 0.244 e. The number of rotatable bonds is 10. The number of hydrogen-bond donors (Lipinski definition) is 1. The molecule has 0 fully saturated rings. The lowest BCUT2D eigenvalue weighted by Crippen LogP contribution is -2.51. The zero-order valence-corrected chi connectivity index (χ0v) is 21.2. The number of sulfonamides is 1. The summed E-state index contributed by atoms with van der Waals surface area (Å²) in [6.45, 7) is 3.34. The van der Waals surface area contributed by atoms with Gasteiger partial charge in [-0.05, 0) is 49.7 Å². The summed E-state index contributed by atoms with van der Waals surface area (Å²) in [5.41, 5.74) is 0.941. The van der Waals surface area contributed by atoms with Crippen molar-refractivity contribution >= 4 is 50.7 Å². The maximum atomic E-state index is 13.4. The molecule has 0 aliphatic carbocycles. The zero-order valence-electron chi connectivity index (χ0n) is 18.8. The summed E-state index contributed by atoms with van der Waals surface area (Å²) in [6.07, 6.45) is 0.995. The molecule has 0 heterocycles. The fraction of sp³-hybridized carbons (Fsp3) is 0.364. The van der Waals surface area contributed by atoms with Gasteiger partial charge in [-0.3, -0.25) is 13.9 Å².